The summed E-state index contributed by atoms with van der Waals surface area (Å²) >= 11 is 6.02. The second kappa shape index (κ2) is 13.7. The molecule has 1 heterocycles. The van der Waals surface area contributed by atoms with E-state index in [9.17, 15) is 19.7 Å². The maximum atomic E-state index is 12.2. The van der Waals surface area contributed by atoms with Crippen molar-refractivity contribution in [1.82, 2.24) is 20.6 Å². The minimum Gasteiger partial charge on any atom is -0.368 e. The molecule has 0 bridgehead atoms. The van der Waals surface area contributed by atoms with E-state index in [4.69, 9.17) is 11.6 Å². The molecule has 2 amide bonds. The van der Waals surface area contributed by atoms with Crippen molar-refractivity contribution in [3.8, 4) is 11.4 Å². The van der Waals surface area contributed by atoms with Crippen LogP contribution in [0.3, 0.4) is 0 Å². The van der Waals surface area contributed by atoms with Crippen LogP contribution in [0.4, 0.5) is 17.3 Å². The molecule has 12 heteroatoms. The Balaban J connectivity index is 1.63. The van der Waals surface area contributed by atoms with E-state index in [0.29, 0.717) is 54.2 Å². The van der Waals surface area contributed by atoms with Crippen LogP contribution in [0.1, 0.15) is 18.1 Å². The van der Waals surface area contributed by atoms with E-state index in [-0.39, 0.29) is 17.5 Å². The number of aromatic nitrogens is 2. The summed E-state index contributed by atoms with van der Waals surface area (Å²) in [6.07, 6.45) is 2.84. The monoisotopic (exact) mass is 537 g/mol. The first-order valence-corrected chi connectivity index (χ1v) is 12.2. The third-order valence-electron chi connectivity index (χ3n) is 5.26. The van der Waals surface area contributed by atoms with Gasteiger partial charge >= 0.3 is 0 Å². The van der Waals surface area contributed by atoms with E-state index in [0.717, 1.165) is 11.1 Å². The highest BCUT2D eigenvalue weighted by Crippen LogP contribution is 2.26. The molecule has 0 radical (unpaired) electrons. The van der Waals surface area contributed by atoms with Gasteiger partial charge in [-0.25, -0.2) is 9.97 Å². The first-order chi connectivity index (χ1) is 18.2. The zero-order valence-electron chi connectivity index (χ0n) is 21.0. The van der Waals surface area contributed by atoms with Crippen LogP contribution in [0.5, 0.6) is 0 Å². The topological polar surface area (TPSA) is 151 Å². The summed E-state index contributed by atoms with van der Waals surface area (Å²) in [6, 6.07) is 13.2. The molecule has 3 rings (SSSR count). The number of nitrogens with one attached hydrogen (secondary N) is 4. The van der Waals surface area contributed by atoms with Gasteiger partial charge < -0.3 is 21.3 Å². The largest absolute Gasteiger partial charge is 0.368 e. The van der Waals surface area contributed by atoms with Crippen molar-refractivity contribution in [3.63, 3.8) is 0 Å². The predicted molar refractivity (Wildman–Crippen MR) is 148 cm³/mol. The van der Waals surface area contributed by atoms with Gasteiger partial charge in [-0.15, -0.1) is 0 Å². The van der Waals surface area contributed by atoms with Crippen LogP contribution in [-0.2, 0) is 9.59 Å². The Labute approximate surface area is 224 Å². The maximum Gasteiger partial charge on any atom is 0.270 e. The second-order valence-electron chi connectivity index (χ2n) is 8.19. The zero-order valence-corrected chi connectivity index (χ0v) is 21.7. The Bertz CT molecular complexity index is 1330. The average Bonchev–Trinajstić information content (AvgIpc) is 2.90. The van der Waals surface area contributed by atoms with Crippen molar-refractivity contribution in [3.05, 3.63) is 80.9 Å². The van der Waals surface area contributed by atoms with Gasteiger partial charge in [-0.1, -0.05) is 23.7 Å². The number of amides is 2. The predicted octanol–water partition coefficient (Wildman–Crippen LogP) is 3.80. The lowest BCUT2D eigenvalue weighted by atomic mass is 10.2. The fourth-order valence-corrected chi connectivity index (χ4v) is 3.47. The summed E-state index contributed by atoms with van der Waals surface area (Å²) in [4.78, 5) is 43.0. The lowest BCUT2D eigenvalue weighted by Gasteiger charge is -2.16. The summed E-state index contributed by atoms with van der Waals surface area (Å²) in [5.74, 6) is 1.24. The SMILES string of the molecule is CC(=O)NCCNc1nc(-c2ccc(Cl)cc2)nc(NCCNC(=O)/C=C/c2cccc([N+](=O)[O-])c2)c1C. The van der Waals surface area contributed by atoms with Crippen molar-refractivity contribution in [2.75, 3.05) is 36.8 Å². The van der Waals surface area contributed by atoms with E-state index < -0.39 is 4.92 Å². The Morgan fingerprint density at radius 3 is 2.21 bits per heavy atom. The second-order valence-corrected chi connectivity index (χ2v) is 8.63. The number of nitrogens with zero attached hydrogens (tertiary/aromatic N) is 3. The highest BCUT2D eigenvalue weighted by Gasteiger charge is 2.13. The molecular formula is C26H28ClN7O4. The van der Waals surface area contributed by atoms with Gasteiger partial charge in [0.15, 0.2) is 5.82 Å². The fraction of sp³-hybridized carbons (Fsp3) is 0.231. The van der Waals surface area contributed by atoms with E-state index in [2.05, 4.69) is 31.2 Å². The summed E-state index contributed by atoms with van der Waals surface area (Å²) in [5, 5.41) is 23.5. The Morgan fingerprint density at radius 1 is 0.974 bits per heavy atom. The van der Waals surface area contributed by atoms with Gasteiger partial charge in [-0.2, -0.15) is 0 Å². The van der Waals surface area contributed by atoms with Crippen LogP contribution in [-0.4, -0.2) is 52.9 Å². The quantitative estimate of drug-likeness (QED) is 0.118. The lowest BCUT2D eigenvalue weighted by molar-refractivity contribution is -0.384. The molecule has 3 aromatic rings. The first-order valence-electron chi connectivity index (χ1n) is 11.8. The lowest BCUT2D eigenvalue weighted by Crippen LogP contribution is -2.28. The van der Waals surface area contributed by atoms with Gasteiger partial charge in [0.25, 0.3) is 5.69 Å². The zero-order chi connectivity index (χ0) is 27.5. The van der Waals surface area contributed by atoms with Crippen LogP contribution in [0, 0.1) is 17.0 Å². The minimum absolute atomic E-state index is 0.0427. The van der Waals surface area contributed by atoms with Crippen molar-refractivity contribution in [2.45, 2.75) is 13.8 Å². The number of anilines is 2. The third-order valence-corrected chi connectivity index (χ3v) is 5.52. The molecule has 0 aliphatic carbocycles. The number of rotatable bonds is 12. The van der Waals surface area contributed by atoms with E-state index in [1.54, 1.807) is 24.3 Å². The van der Waals surface area contributed by atoms with E-state index >= 15 is 0 Å². The summed E-state index contributed by atoms with van der Waals surface area (Å²) in [6.45, 7) is 4.94. The Morgan fingerprint density at radius 2 is 1.61 bits per heavy atom. The maximum absolute atomic E-state index is 12.2. The molecule has 4 N–H and O–H groups in total. The number of halogens is 1. The fourth-order valence-electron chi connectivity index (χ4n) is 3.35. The third kappa shape index (κ3) is 8.56. The minimum atomic E-state index is -0.486. The molecule has 0 aliphatic heterocycles. The van der Waals surface area contributed by atoms with Crippen molar-refractivity contribution in [2.24, 2.45) is 0 Å². The molecule has 0 saturated heterocycles. The summed E-state index contributed by atoms with van der Waals surface area (Å²) in [5.41, 5.74) is 2.07. The number of nitro groups is 1. The molecule has 198 valence electrons. The number of hydrogen-bond acceptors (Lipinski definition) is 8. The van der Waals surface area contributed by atoms with Gasteiger partial charge in [0.1, 0.15) is 11.6 Å². The molecule has 38 heavy (non-hydrogen) atoms. The van der Waals surface area contributed by atoms with Crippen LogP contribution in [0.15, 0.2) is 54.6 Å². The molecule has 0 unspecified atom stereocenters. The van der Waals surface area contributed by atoms with Gasteiger partial charge in [-0.05, 0) is 42.8 Å². The highest BCUT2D eigenvalue weighted by atomic mass is 35.5. The van der Waals surface area contributed by atoms with Gasteiger partial charge in [0.05, 0.1) is 4.92 Å². The first kappa shape index (κ1) is 28.1. The molecule has 11 nitrogen and oxygen atoms in total. The van der Waals surface area contributed by atoms with Crippen molar-refractivity contribution in [1.29, 1.82) is 0 Å². The molecule has 1 aromatic heterocycles. The average molecular weight is 538 g/mol. The summed E-state index contributed by atoms with van der Waals surface area (Å²) in [7, 11) is 0. The van der Waals surface area contributed by atoms with E-state index in [1.165, 1.54) is 31.2 Å². The van der Waals surface area contributed by atoms with Crippen molar-refractivity contribution < 1.29 is 14.5 Å². The molecule has 0 atom stereocenters. The molecule has 0 spiro atoms. The molecule has 0 fully saturated rings. The number of carbonyl (C=O) groups excluding carboxylic acids is 2. The molecule has 2 aromatic carbocycles. The van der Waals surface area contributed by atoms with Crippen LogP contribution in [0.2, 0.25) is 5.02 Å². The summed E-state index contributed by atoms with van der Waals surface area (Å²) < 4.78 is 0. The normalized spacial score (nSPS) is 10.7. The highest BCUT2D eigenvalue weighted by molar-refractivity contribution is 6.30. The van der Waals surface area contributed by atoms with Crippen LogP contribution < -0.4 is 21.3 Å². The Hall–Kier alpha value is -4.51. The smallest absolute Gasteiger partial charge is 0.270 e. The number of benzene rings is 2. The molecule has 0 saturated carbocycles. The molecular weight excluding hydrogens is 510 g/mol. The van der Waals surface area contributed by atoms with Crippen molar-refractivity contribution >= 4 is 46.8 Å². The van der Waals surface area contributed by atoms with E-state index in [1.807, 2.05) is 19.1 Å². The van der Waals surface area contributed by atoms with Crippen LogP contribution in [0.25, 0.3) is 17.5 Å². The standard InChI is InChI=1S/C26H28ClN7O4/c1-17-24(30-14-12-28-18(2)35)32-26(20-7-9-21(27)10-8-20)33-25(17)31-15-13-29-23(36)11-6-19-4-3-5-22(16-19)34(37)38/h3-11,16H,12-15H2,1-2H3,(H,28,35)(H,29,36)(H2,30,31,32,33)/b11-6+. The Kier molecular flexibility index (Phi) is 10.1. The van der Waals surface area contributed by atoms with Gasteiger partial charge in [-0.3, -0.25) is 19.7 Å². The van der Waals surface area contributed by atoms with Gasteiger partial charge in [0.2, 0.25) is 11.8 Å². The number of nitro benzene ring substituents is 1. The number of hydrogen-bond donors (Lipinski definition) is 4. The van der Waals surface area contributed by atoms with Crippen LogP contribution >= 0.6 is 11.6 Å². The number of non-ortho nitro benzene ring substituents is 1. The van der Waals surface area contributed by atoms with Gasteiger partial charge in [0, 0.05) is 67.5 Å². The molecule has 0 aliphatic rings. The number of carbonyl (C=O) groups is 2.